The number of amides is 1. The van der Waals surface area contributed by atoms with Gasteiger partial charge in [0.2, 0.25) is 0 Å². The predicted molar refractivity (Wildman–Crippen MR) is 118 cm³/mol. The van der Waals surface area contributed by atoms with Gasteiger partial charge in [0, 0.05) is 16.1 Å². The molecule has 0 spiro atoms. The van der Waals surface area contributed by atoms with Gasteiger partial charge in [-0.1, -0.05) is 6.07 Å². The molecule has 1 heterocycles. The van der Waals surface area contributed by atoms with Crippen LogP contribution in [0.4, 0.5) is 28.9 Å². The van der Waals surface area contributed by atoms with Crippen molar-refractivity contribution < 1.29 is 30.8 Å². The predicted octanol–water partition coefficient (Wildman–Crippen LogP) is 6.11. The van der Waals surface area contributed by atoms with Gasteiger partial charge in [0.15, 0.2) is 0 Å². The summed E-state index contributed by atoms with van der Waals surface area (Å²) in [5, 5.41) is 2.92. The van der Waals surface area contributed by atoms with Crippen molar-refractivity contribution >= 4 is 48.7 Å². The van der Waals surface area contributed by atoms with Crippen molar-refractivity contribution in [3.05, 3.63) is 89.1 Å². The van der Waals surface area contributed by atoms with Gasteiger partial charge in [-0.2, -0.15) is 13.2 Å². The number of sulfonamides is 1. The second-order valence-corrected chi connectivity index (χ2v) is 9.72. The first-order valence-corrected chi connectivity index (χ1v) is 11.6. The minimum atomic E-state index is -4.48. The van der Waals surface area contributed by atoms with E-state index in [4.69, 9.17) is 0 Å². The number of anilines is 2. The summed E-state index contributed by atoms with van der Waals surface area (Å²) in [5.74, 6) is -1.20. The first-order valence-electron chi connectivity index (χ1n) is 9.32. The fourth-order valence-corrected chi connectivity index (χ4v) is 5.02. The molecule has 3 aromatic carbocycles. The van der Waals surface area contributed by atoms with E-state index in [-0.39, 0.29) is 15.5 Å². The van der Waals surface area contributed by atoms with E-state index in [0.717, 1.165) is 35.6 Å². The van der Waals surface area contributed by atoms with Crippen LogP contribution in [-0.2, 0) is 16.2 Å². The Balaban J connectivity index is 1.47. The summed E-state index contributed by atoms with van der Waals surface area (Å²) in [6.07, 6.45) is -4.48. The zero-order valence-corrected chi connectivity index (χ0v) is 18.1. The van der Waals surface area contributed by atoms with Gasteiger partial charge in [-0.15, -0.1) is 11.3 Å². The number of fused-ring (bicyclic) bond motifs is 1. The van der Waals surface area contributed by atoms with Crippen LogP contribution in [0.25, 0.3) is 10.1 Å². The molecule has 0 atom stereocenters. The molecule has 11 heteroatoms. The lowest BCUT2D eigenvalue weighted by atomic mass is 10.1. The molecule has 0 aliphatic carbocycles. The molecule has 0 aliphatic heterocycles. The van der Waals surface area contributed by atoms with Crippen molar-refractivity contribution in [1.29, 1.82) is 0 Å². The van der Waals surface area contributed by atoms with Crippen LogP contribution < -0.4 is 10.0 Å². The number of rotatable bonds is 5. The Hall–Kier alpha value is -3.44. The van der Waals surface area contributed by atoms with Crippen molar-refractivity contribution in [1.82, 2.24) is 0 Å². The van der Waals surface area contributed by atoms with E-state index in [0.29, 0.717) is 15.8 Å². The molecular formula is C22H14F4N2O3S2. The Kier molecular flexibility index (Phi) is 5.85. The highest BCUT2D eigenvalue weighted by atomic mass is 32.2. The van der Waals surface area contributed by atoms with E-state index in [1.807, 2.05) is 0 Å². The molecule has 2 N–H and O–H groups in total. The molecule has 1 amide bonds. The molecule has 0 aliphatic rings. The van der Waals surface area contributed by atoms with Crippen molar-refractivity contribution in [2.75, 3.05) is 10.0 Å². The van der Waals surface area contributed by atoms with Crippen LogP contribution in [0.5, 0.6) is 0 Å². The average molecular weight is 494 g/mol. The third-order valence-corrected chi connectivity index (χ3v) is 7.06. The Morgan fingerprint density at radius 3 is 2.24 bits per heavy atom. The summed E-state index contributed by atoms with van der Waals surface area (Å²) in [5.41, 5.74) is -0.253. The van der Waals surface area contributed by atoms with E-state index in [1.165, 1.54) is 48.5 Å². The smallest absolute Gasteiger partial charge is 0.321 e. The minimum absolute atomic E-state index is 0.193. The van der Waals surface area contributed by atoms with Crippen LogP contribution in [0.3, 0.4) is 0 Å². The Morgan fingerprint density at radius 1 is 0.879 bits per heavy atom. The first-order chi connectivity index (χ1) is 15.5. The second kappa shape index (κ2) is 8.49. The SMILES string of the molecule is O=C(Nc1ccc(NS(=O)(=O)c2cccc(F)c2)cc1)c1cc2cc(C(F)(F)F)ccc2s1. The maximum Gasteiger partial charge on any atom is 0.416 e. The van der Waals surface area contributed by atoms with Crippen LogP contribution >= 0.6 is 11.3 Å². The van der Waals surface area contributed by atoms with E-state index < -0.39 is 33.5 Å². The Morgan fingerprint density at radius 2 is 1.58 bits per heavy atom. The number of nitrogens with one attached hydrogen (secondary N) is 2. The number of halogens is 4. The molecule has 0 saturated heterocycles. The van der Waals surface area contributed by atoms with Crippen LogP contribution in [0.15, 0.2) is 77.7 Å². The summed E-state index contributed by atoms with van der Waals surface area (Å²) >= 11 is 1.05. The second-order valence-electron chi connectivity index (χ2n) is 6.96. The summed E-state index contributed by atoms with van der Waals surface area (Å²) < 4.78 is 79.5. The zero-order valence-electron chi connectivity index (χ0n) is 16.5. The number of thiophene rings is 1. The molecule has 1 aromatic heterocycles. The van der Waals surface area contributed by atoms with E-state index in [1.54, 1.807) is 0 Å². The van der Waals surface area contributed by atoms with E-state index in [2.05, 4.69) is 10.0 Å². The van der Waals surface area contributed by atoms with E-state index >= 15 is 0 Å². The lowest BCUT2D eigenvalue weighted by Gasteiger charge is -2.09. The van der Waals surface area contributed by atoms with Gasteiger partial charge in [0.05, 0.1) is 15.3 Å². The highest BCUT2D eigenvalue weighted by Crippen LogP contribution is 2.34. The van der Waals surface area contributed by atoms with Gasteiger partial charge in [-0.3, -0.25) is 9.52 Å². The van der Waals surface area contributed by atoms with Crippen LogP contribution in [0.2, 0.25) is 0 Å². The number of hydrogen-bond donors (Lipinski definition) is 2. The highest BCUT2D eigenvalue weighted by Gasteiger charge is 2.30. The third kappa shape index (κ3) is 5.15. The van der Waals surface area contributed by atoms with Gasteiger partial charge >= 0.3 is 6.18 Å². The number of carbonyl (C=O) groups excluding carboxylic acids is 1. The molecule has 4 aromatic rings. The molecule has 5 nitrogen and oxygen atoms in total. The summed E-state index contributed by atoms with van der Waals surface area (Å²) in [6.45, 7) is 0. The molecule has 0 unspecified atom stereocenters. The van der Waals surface area contributed by atoms with Gasteiger partial charge in [-0.25, -0.2) is 12.8 Å². The fourth-order valence-electron chi connectivity index (χ4n) is 2.99. The topological polar surface area (TPSA) is 75.3 Å². The molecule has 0 radical (unpaired) electrons. The molecule has 170 valence electrons. The summed E-state index contributed by atoms with van der Waals surface area (Å²) in [7, 11) is -4.00. The molecular weight excluding hydrogens is 480 g/mol. The Bertz CT molecular complexity index is 1450. The normalized spacial score (nSPS) is 12.0. The largest absolute Gasteiger partial charge is 0.416 e. The van der Waals surface area contributed by atoms with Gasteiger partial charge < -0.3 is 5.32 Å². The third-order valence-electron chi connectivity index (χ3n) is 4.57. The van der Waals surface area contributed by atoms with Crippen molar-refractivity contribution in [3.8, 4) is 0 Å². The molecule has 33 heavy (non-hydrogen) atoms. The lowest BCUT2D eigenvalue weighted by Crippen LogP contribution is -2.13. The number of carbonyl (C=O) groups is 1. The zero-order chi connectivity index (χ0) is 23.8. The fraction of sp³-hybridized carbons (Fsp3) is 0.0455. The maximum absolute atomic E-state index is 13.3. The van der Waals surface area contributed by atoms with Crippen molar-refractivity contribution in [2.24, 2.45) is 0 Å². The molecule has 0 bridgehead atoms. The van der Waals surface area contributed by atoms with Gasteiger partial charge in [-0.05, 0) is 72.1 Å². The molecule has 0 saturated carbocycles. The number of hydrogen-bond acceptors (Lipinski definition) is 4. The first kappa shape index (κ1) is 22.7. The van der Waals surface area contributed by atoms with Crippen molar-refractivity contribution in [3.63, 3.8) is 0 Å². The highest BCUT2D eigenvalue weighted by molar-refractivity contribution is 7.92. The quantitative estimate of drug-likeness (QED) is 0.329. The minimum Gasteiger partial charge on any atom is -0.321 e. The van der Waals surface area contributed by atoms with Gasteiger partial charge in [0.1, 0.15) is 5.82 Å². The van der Waals surface area contributed by atoms with Gasteiger partial charge in [0.25, 0.3) is 15.9 Å². The standard InChI is InChI=1S/C22H14F4N2O3S2/c23-15-2-1-3-18(12-15)33(30,31)28-17-7-5-16(6-8-17)27-21(29)20-11-13-10-14(22(24,25)26)4-9-19(13)32-20/h1-12,28H,(H,27,29). The number of benzene rings is 3. The molecule has 4 rings (SSSR count). The van der Waals surface area contributed by atoms with Crippen LogP contribution in [0, 0.1) is 5.82 Å². The number of alkyl halides is 3. The van der Waals surface area contributed by atoms with E-state index in [9.17, 15) is 30.8 Å². The Labute approximate surface area is 189 Å². The summed E-state index contributed by atoms with van der Waals surface area (Å²) in [6, 6.07) is 14.9. The lowest BCUT2D eigenvalue weighted by molar-refractivity contribution is -0.137. The van der Waals surface area contributed by atoms with Crippen molar-refractivity contribution in [2.45, 2.75) is 11.1 Å². The summed E-state index contributed by atoms with van der Waals surface area (Å²) in [4.78, 5) is 12.5. The monoisotopic (exact) mass is 494 g/mol. The molecule has 0 fully saturated rings. The maximum atomic E-state index is 13.3. The van der Waals surface area contributed by atoms with Crippen LogP contribution in [0.1, 0.15) is 15.2 Å². The average Bonchev–Trinajstić information content (AvgIpc) is 3.18. The van der Waals surface area contributed by atoms with Crippen LogP contribution in [-0.4, -0.2) is 14.3 Å².